The molecular weight excluding hydrogens is 278 g/mol. The van der Waals surface area contributed by atoms with E-state index in [1.807, 2.05) is 6.20 Å². The Labute approximate surface area is 129 Å². The van der Waals surface area contributed by atoms with Crippen LogP contribution in [0.25, 0.3) is 0 Å². The highest BCUT2D eigenvalue weighted by atomic mass is 28.4. The van der Waals surface area contributed by atoms with Gasteiger partial charge in [-0.15, -0.1) is 0 Å². The predicted molar refractivity (Wildman–Crippen MR) is 89.7 cm³/mol. The van der Waals surface area contributed by atoms with Crippen molar-refractivity contribution < 1.29 is 4.43 Å². The fraction of sp³-hybridized carbons (Fsp3) is 0.750. The maximum Gasteiger partial charge on any atom is 0.192 e. The third kappa shape index (κ3) is 4.04. The first-order chi connectivity index (χ1) is 9.69. The zero-order valence-corrected chi connectivity index (χ0v) is 15.0. The van der Waals surface area contributed by atoms with Crippen molar-refractivity contribution >= 4 is 14.1 Å². The number of hydrogen-bond donors (Lipinski definition) is 1. The van der Waals surface area contributed by atoms with Gasteiger partial charge in [-0.3, -0.25) is 4.98 Å². The van der Waals surface area contributed by atoms with E-state index in [0.717, 1.165) is 18.5 Å². The molecule has 1 aromatic rings. The van der Waals surface area contributed by atoms with Crippen molar-refractivity contribution in [3.05, 3.63) is 18.1 Å². The third-order valence-corrected chi connectivity index (χ3v) is 9.52. The van der Waals surface area contributed by atoms with Gasteiger partial charge in [-0.25, -0.2) is 4.98 Å². The van der Waals surface area contributed by atoms with E-state index in [9.17, 15) is 0 Å². The first-order valence-corrected chi connectivity index (χ1v) is 10.8. The molecule has 1 heterocycles. The normalized spacial score (nSPS) is 24.0. The minimum absolute atomic E-state index is 0.261. The average Bonchev–Trinajstić information content (AvgIpc) is 2.37. The van der Waals surface area contributed by atoms with Gasteiger partial charge in [-0.2, -0.15) is 0 Å². The standard InChI is InChI=1S/C16H29N3OSi/c1-16(2,3)21(4,5)20-13-8-6-7-12(9-13)14-10-18-11-15(17)19-14/h10-13H,6-9H2,1-5H3,(H2,17,19)/t12-,13+/m1/s1. The van der Waals surface area contributed by atoms with Crippen molar-refractivity contribution in [3.63, 3.8) is 0 Å². The molecule has 0 aromatic carbocycles. The molecule has 2 rings (SSSR count). The van der Waals surface area contributed by atoms with Gasteiger partial charge in [0.1, 0.15) is 5.82 Å². The van der Waals surface area contributed by atoms with E-state index in [1.54, 1.807) is 6.20 Å². The Morgan fingerprint density at radius 1 is 1.24 bits per heavy atom. The van der Waals surface area contributed by atoms with Gasteiger partial charge in [0, 0.05) is 18.2 Å². The van der Waals surface area contributed by atoms with Crippen molar-refractivity contribution in [2.75, 3.05) is 5.73 Å². The summed E-state index contributed by atoms with van der Waals surface area (Å²) in [6, 6.07) is 0. The first kappa shape index (κ1) is 16.4. The number of nitrogens with two attached hydrogens (primary N) is 1. The molecule has 0 saturated heterocycles. The summed E-state index contributed by atoms with van der Waals surface area (Å²) in [5.41, 5.74) is 6.79. The fourth-order valence-corrected chi connectivity index (χ4v) is 4.11. The summed E-state index contributed by atoms with van der Waals surface area (Å²) in [5, 5.41) is 0.261. The van der Waals surface area contributed by atoms with E-state index in [1.165, 1.54) is 12.8 Å². The van der Waals surface area contributed by atoms with E-state index < -0.39 is 8.32 Å². The van der Waals surface area contributed by atoms with Gasteiger partial charge in [0.25, 0.3) is 0 Å². The lowest BCUT2D eigenvalue weighted by Crippen LogP contribution is -2.44. The van der Waals surface area contributed by atoms with Crippen LogP contribution in [0.15, 0.2) is 12.4 Å². The predicted octanol–water partition coefficient (Wildman–Crippen LogP) is 4.11. The fourth-order valence-electron chi connectivity index (χ4n) is 2.71. The number of hydrogen-bond acceptors (Lipinski definition) is 4. The van der Waals surface area contributed by atoms with Crippen LogP contribution in [0.1, 0.15) is 58.1 Å². The van der Waals surface area contributed by atoms with Gasteiger partial charge in [-0.05, 0) is 37.4 Å². The monoisotopic (exact) mass is 307 g/mol. The van der Waals surface area contributed by atoms with E-state index in [4.69, 9.17) is 10.2 Å². The largest absolute Gasteiger partial charge is 0.414 e. The van der Waals surface area contributed by atoms with Gasteiger partial charge in [-0.1, -0.05) is 27.2 Å². The second-order valence-electron chi connectivity index (χ2n) is 7.73. The number of nitrogens with zero attached hydrogens (tertiary/aromatic N) is 2. The van der Waals surface area contributed by atoms with Crippen LogP contribution in [0.4, 0.5) is 5.82 Å². The second kappa shape index (κ2) is 6.05. The van der Waals surface area contributed by atoms with Crippen LogP contribution in [0, 0.1) is 0 Å². The molecule has 21 heavy (non-hydrogen) atoms. The quantitative estimate of drug-likeness (QED) is 0.854. The van der Waals surface area contributed by atoms with Crippen LogP contribution in [0.5, 0.6) is 0 Å². The van der Waals surface area contributed by atoms with Crippen LogP contribution < -0.4 is 5.73 Å². The van der Waals surface area contributed by atoms with Crippen LogP contribution in [-0.2, 0) is 4.43 Å². The van der Waals surface area contributed by atoms with E-state index in [2.05, 4.69) is 43.8 Å². The highest BCUT2D eigenvalue weighted by Crippen LogP contribution is 2.41. The Hall–Kier alpha value is -0.943. The summed E-state index contributed by atoms with van der Waals surface area (Å²) in [7, 11) is -1.69. The minimum atomic E-state index is -1.69. The molecule has 118 valence electrons. The molecule has 5 heteroatoms. The number of nitrogen functional groups attached to an aromatic ring is 1. The Bertz CT molecular complexity index is 485. The Morgan fingerprint density at radius 2 is 1.95 bits per heavy atom. The molecule has 1 aromatic heterocycles. The molecule has 1 fully saturated rings. The van der Waals surface area contributed by atoms with Gasteiger partial charge < -0.3 is 10.2 Å². The molecule has 0 bridgehead atoms. The molecule has 0 unspecified atom stereocenters. The topological polar surface area (TPSA) is 61.0 Å². The van der Waals surface area contributed by atoms with E-state index >= 15 is 0 Å². The van der Waals surface area contributed by atoms with Crippen molar-refractivity contribution in [1.29, 1.82) is 0 Å². The molecule has 2 N–H and O–H groups in total. The first-order valence-electron chi connectivity index (χ1n) is 7.94. The second-order valence-corrected chi connectivity index (χ2v) is 12.5. The maximum absolute atomic E-state index is 6.58. The Balaban J connectivity index is 2.05. The van der Waals surface area contributed by atoms with Crippen LogP contribution in [0.2, 0.25) is 18.1 Å². The lowest BCUT2D eigenvalue weighted by Gasteiger charge is -2.41. The molecule has 0 spiro atoms. The van der Waals surface area contributed by atoms with Gasteiger partial charge in [0.15, 0.2) is 8.32 Å². The maximum atomic E-state index is 6.58. The Kier molecular flexibility index (Phi) is 4.73. The summed E-state index contributed by atoms with van der Waals surface area (Å²) in [5.74, 6) is 0.949. The SMILES string of the molecule is CC(C)(C)[Si](C)(C)O[C@H]1CCC[C@@H](c2cncc(N)n2)C1. The zero-order valence-electron chi connectivity index (χ0n) is 14.0. The molecule has 0 radical (unpaired) electrons. The highest BCUT2D eigenvalue weighted by Gasteiger charge is 2.40. The van der Waals surface area contributed by atoms with Crippen LogP contribution in [0.3, 0.4) is 0 Å². The van der Waals surface area contributed by atoms with Crippen LogP contribution >= 0.6 is 0 Å². The summed E-state index contributed by atoms with van der Waals surface area (Å²) in [6.45, 7) is 11.5. The summed E-state index contributed by atoms with van der Waals surface area (Å²) >= 11 is 0. The lowest BCUT2D eigenvalue weighted by molar-refractivity contribution is 0.126. The molecular formula is C16H29N3OSi. The Morgan fingerprint density at radius 3 is 2.57 bits per heavy atom. The molecule has 2 atom stereocenters. The number of aromatic nitrogens is 2. The molecule has 4 nitrogen and oxygen atoms in total. The highest BCUT2D eigenvalue weighted by molar-refractivity contribution is 6.74. The zero-order chi connectivity index (χ0) is 15.7. The molecule has 1 aliphatic carbocycles. The van der Waals surface area contributed by atoms with Crippen molar-refractivity contribution in [1.82, 2.24) is 9.97 Å². The van der Waals surface area contributed by atoms with Crippen LogP contribution in [-0.4, -0.2) is 24.4 Å². The summed E-state index contributed by atoms with van der Waals surface area (Å²) in [6.07, 6.45) is 8.39. The average molecular weight is 308 g/mol. The lowest BCUT2D eigenvalue weighted by atomic mass is 9.85. The van der Waals surface area contributed by atoms with Crippen molar-refractivity contribution in [3.8, 4) is 0 Å². The molecule has 0 aliphatic heterocycles. The molecule has 1 aliphatic rings. The van der Waals surface area contributed by atoms with Gasteiger partial charge in [0.05, 0.1) is 11.9 Å². The summed E-state index contributed by atoms with van der Waals surface area (Å²) in [4.78, 5) is 8.63. The summed E-state index contributed by atoms with van der Waals surface area (Å²) < 4.78 is 6.58. The molecule has 0 amide bonds. The molecule has 1 saturated carbocycles. The van der Waals surface area contributed by atoms with Crippen molar-refractivity contribution in [2.45, 2.75) is 76.6 Å². The van der Waals surface area contributed by atoms with Gasteiger partial charge in [0.2, 0.25) is 0 Å². The number of rotatable bonds is 3. The van der Waals surface area contributed by atoms with Gasteiger partial charge >= 0.3 is 0 Å². The van der Waals surface area contributed by atoms with E-state index in [0.29, 0.717) is 17.8 Å². The third-order valence-electron chi connectivity index (χ3n) is 4.98. The minimum Gasteiger partial charge on any atom is -0.414 e. The van der Waals surface area contributed by atoms with E-state index in [-0.39, 0.29) is 5.04 Å². The van der Waals surface area contributed by atoms with Crippen molar-refractivity contribution in [2.24, 2.45) is 0 Å². The smallest absolute Gasteiger partial charge is 0.192 e. The number of anilines is 1.